The van der Waals surface area contributed by atoms with Gasteiger partial charge in [-0.25, -0.2) is 4.98 Å². The maximum Gasteiger partial charge on any atom is 0.206 e. The van der Waals surface area contributed by atoms with Crippen LogP contribution in [0.15, 0.2) is 6.20 Å². The molecular formula is C14H26N4O. The van der Waals surface area contributed by atoms with Crippen molar-refractivity contribution in [3.63, 3.8) is 0 Å². The highest BCUT2D eigenvalue weighted by Gasteiger charge is 2.23. The lowest BCUT2D eigenvalue weighted by atomic mass is 10.1. The van der Waals surface area contributed by atoms with E-state index in [1.54, 1.807) is 7.11 Å². The molecule has 0 aliphatic carbocycles. The van der Waals surface area contributed by atoms with Crippen LogP contribution < -0.4 is 10.6 Å². The third-order valence-electron chi connectivity index (χ3n) is 3.75. The second kappa shape index (κ2) is 6.39. The Hall–Kier alpha value is -1.07. The molecule has 1 aliphatic rings. The van der Waals surface area contributed by atoms with Crippen LogP contribution in [0, 0.1) is 0 Å². The summed E-state index contributed by atoms with van der Waals surface area (Å²) in [6.07, 6.45) is 5.37. The number of aryl methyl sites for hydroxylation is 1. The number of nitrogens with two attached hydrogens (primary N) is 1. The van der Waals surface area contributed by atoms with Crippen molar-refractivity contribution < 1.29 is 4.74 Å². The Morgan fingerprint density at radius 1 is 1.58 bits per heavy atom. The zero-order valence-corrected chi connectivity index (χ0v) is 12.3. The minimum Gasteiger partial charge on any atom is -0.383 e. The van der Waals surface area contributed by atoms with Crippen molar-refractivity contribution in [2.24, 2.45) is 5.73 Å². The lowest BCUT2D eigenvalue weighted by Gasteiger charge is -2.32. The maximum absolute atomic E-state index is 6.08. The summed E-state index contributed by atoms with van der Waals surface area (Å²) in [6, 6.07) is 0.563. The van der Waals surface area contributed by atoms with Crippen molar-refractivity contribution in [2.75, 3.05) is 31.7 Å². The monoisotopic (exact) mass is 266 g/mol. The van der Waals surface area contributed by atoms with E-state index >= 15 is 0 Å². The lowest BCUT2D eigenvalue weighted by molar-refractivity contribution is 0.162. The van der Waals surface area contributed by atoms with Gasteiger partial charge >= 0.3 is 0 Å². The van der Waals surface area contributed by atoms with Gasteiger partial charge in [0.05, 0.1) is 18.3 Å². The first-order valence-electron chi connectivity index (χ1n) is 7.22. The number of hydrogen-bond acceptors (Lipinski definition) is 4. The molecule has 0 spiro atoms. The second-order valence-electron chi connectivity index (χ2n) is 5.45. The molecule has 5 nitrogen and oxygen atoms in total. The standard InChI is InChI=1S/C14H26N4O/c1-4-13-9-18(11(2)10-19-3)14(16-13)17-7-5-6-12(15)8-17/h9,11-12H,4-8,10,15H2,1-3H3. The minimum absolute atomic E-state index is 0.265. The Balaban J connectivity index is 2.24. The summed E-state index contributed by atoms with van der Waals surface area (Å²) in [5.74, 6) is 1.05. The minimum atomic E-state index is 0.265. The summed E-state index contributed by atoms with van der Waals surface area (Å²) in [4.78, 5) is 7.09. The van der Waals surface area contributed by atoms with Gasteiger partial charge in [0.1, 0.15) is 0 Å². The summed E-state index contributed by atoms with van der Waals surface area (Å²) in [5, 5.41) is 0. The molecule has 0 aromatic carbocycles. The molecule has 0 amide bonds. The Labute approximate surface area is 115 Å². The molecule has 19 heavy (non-hydrogen) atoms. The van der Waals surface area contributed by atoms with E-state index in [9.17, 15) is 0 Å². The number of imidazole rings is 1. The van der Waals surface area contributed by atoms with E-state index in [1.165, 1.54) is 0 Å². The fourth-order valence-electron chi connectivity index (χ4n) is 2.68. The van der Waals surface area contributed by atoms with Crippen molar-refractivity contribution in [3.8, 4) is 0 Å². The highest BCUT2D eigenvalue weighted by Crippen LogP contribution is 2.23. The molecule has 108 valence electrons. The van der Waals surface area contributed by atoms with E-state index in [0.717, 1.165) is 44.0 Å². The molecule has 1 aromatic heterocycles. The van der Waals surface area contributed by atoms with Crippen molar-refractivity contribution in [2.45, 2.75) is 45.2 Å². The van der Waals surface area contributed by atoms with Gasteiger partial charge in [-0.05, 0) is 26.2 Å². The zero-order valence-electron chi connectivity index (χ0n) is 12.3. The average molecular weight is 266 g/mol. The van der Waals surface area contributed by atoms with Crippen LogP contribution in [0.5, 0.6) is 0 Å². The quantitative estimate of drug-likeness (QED) is 0.879. The molecule has 2 unspecified atom stereocenters. The lowest BCUT2D eigenvalue weighted by Crippen LogP contribution is -2.44. The summed E-state index contributed by atoms with van der Waals surface area (Å²) in [5.41, 5.74) is 7.22. The van der Waals surface area contributed by atoms with Crippen LogP contribution in [-0.2, 0) is 11.2 Å². The van der Waals surface area contributed by atoms with Gasteiger partial charge in [0.2, 0.25) is 5.95 Å². The van der Waals surface area contributed by atoms with Gasteiger partial charge in [0, 0.05) is 32.4 Å². The van der Waals surface area contributed by atoms with Gasteiger partial charge in [0.25, 0.3) is 0 Å². The van der Waals surface area contributed by atoms with E-state index < -0.39 is 0 Å². The molecule has 0 saturated carbocycles. The number of methoxy groups -OCH3 is 1. The summed E-state index contributed by atoms with van der Waals surface area (Å²) in [6.45, 7) is 6.96. The van der Waals surface area contributed by atoms with Gasteiger partial charge in [-0.3, -0.25) is 0 Å². The van der Waals surface area contributed by atoms with E-state index in [0.29, 0.717) is 12.6 Å². The third-order valence-corrected chi connectivity index (χ3v) is 3.75. The summed E-state index contributed by atoms with van der Waals surface area (Å²) in [7, 11) is 1.74. The van der Waals surface area contributed by atoms with Crippen LogP contribution >= 0.6 is 0 Å². The Morgan fingerprint density at radius 3 is 3.00 bits per heavy atom. The average Bonchev–Trinajstić information content (AvgIpc) is 2.83. The Morgan fingerprint density at radius 2 is 2.37 bits per heavy atom. The maximum atomic E-state index is 6.08. The summed E-state index contributed by atoms with van der Waals surface area (Å²) >= 11 is 0. The molecular weight excluding hydrogens is 240 g/mol. The second-order valence-corrected chi connectivity index (χ2v) is 5.45. The van der Waals surface area contributed by atoms with Crippen LogP contribution in [0.25, 0.3) is 0 Å². The first-order chi connectivity index (χ1) is 9.15. The number of rotatable bonds is 5. The molecule has 2 N–H and O–H groups in total. The zero-order chi connectivity index (χ0) is 13.8. The predicted octanol–water partition coefficient (Wildman–Crippen LogP) is 1.58. The molecule has 0 bridgehead atoms. The van der Waals surface area contributed by atoms with E-state index in [-0.39, 0.29) is 6.04 Å². The highest BCUT2D eigenvalue weighted by molar-refractivity contribution is 5.35. The van der Waals surface area contributed by atoms with Crippen molar-refractivity contribution in [1.82, 2.24) is 9.55 Å². The van der Waals surface area contributed by atoms with Crippen molar-refractivity contribution >= 4 is 5.95 Å². The van der Waals surface area contributed by atoms with Crippen molar-refractivity contribution in [3.05, 3.63) is 11.9 Å². The number of anilines is 1. The molecule has 1 saturated heterocycles. The number of piperidine rings is 1. The van der Waals surface area contributed by atoms with E-state index in [1.807, 2.05) is 0 Å². The first kappa shape index (κ1) is 14.3. The molecule has 1 fully saturated rings. The van der Waals surface area contributed by atoms with Crippen LogP contribution in [0.3, 0.4) is 0 Å². The van der Waals surface area contributed by atoms with Gasteiger partial charge in [-0.15, -0.1) is 0 Å². The largest absolute Gasteiger partial charge is 0.383 e. The normalized spacial score (nSPS) is 21.7. The van der Waals surface area contributed by atoms with Crippen molar-refractivity contribution in [1.29, 1.82) is 0 Å². The SMILES string of the molecule is CCc1cn(C(C)COC)c(N2CCCC(N)C2)n1. The van der Waals surface area contributed by atoms with Crippen LogP contribution in [0.1, 0.15) is 38.4 Å². The van der Waals surface area contributed by atoms with Crippen LogP contribution in [-0.4, -0.2) is 42.4 Å². The summed E-state index contributed by atoms with van der Waals surface area (Å²) < 4.78 is 7.51. The highest BCUT2D eigenvalue weighted by atomic mass is 16.5. The third kappa shape index (κ3) is 3.28. The molecule has 1 aromatic rings. The van der Waals surface area contributed by atoms with Gasteiger partial charge in [-0.1, -0.05) is 6.92 Å². The fraction of sp³-hybridized carbons (Fsp3) is 0.786. The van der Waals surface area contributed by atoms with E-state index in [2.05, 4.69) is 29.5 Å². The number of hydrogen-bond donors (Lipinski definition) is 1. The molecule has 5 heteroatoms. The molecule has 2 atom stereocenters. The topological polar surface area (TPSA) is 56.3 Å². The predicted molar refractivity (Wildman–Crippen MR) is 77.6 cm³/mol. The van der Waals surface area contributed by atoms with Crippen LogP contribution in [0.4, 0.5) is 5.95 Å². The fourth-order valence-corrected chi connectivity index (χ4v) is 2.68. The number of ether oxygens (including phenoxy) is 1. The molecule has 2 heterocycles. The number of nitrogens with zero attached hydrogens (tertiary/aromatic N) is 3. The Kier molecular flexibility index (Phi) is 4.82. The van der Waals surface area contributed by atoms with Gasteiger partial charge < -0.3 is 19.9 Å². The Bertz CT molecular complexity index is 404. The first-order valence-corrected chi connectivity index (χ1v) is 7.22. The smallest absolute Gasteiger partial charge is 0.206 e. The van der Waals surface area contributed by atoms with Crippen LogP contribution in [0.2, 0.25) is 0 Å². The number of aromatic nitrogens is 2. The molecule has 0 radical (unpaired) electrons. The molecule has 2 rings (SSSR count). The van der Waals surface area contributed by atoms with E-state index in [4.69, 9.17) is 15.5 Å². The van der Waals surface area contributed by atoms with Gasteiger partial charge in [-0.2, -0.15) is 0 Å². The van der Waals surface area contributed by atoms with Gasteiger partial charge in [0.15, 0.2) is 0 Å². The molecule has 1 aliphatic heterocycles.